The lowest BCUT2D eigenvalue weighted by Crippen LogP contribution is -2.37. The molecule has 4 heteroatoms. The number of urea groups is 1. The summed E-state index contributed by atoms with van der Waals surface area (Å²) < 4.78 is 0. The zero-order valence-electron chi connectivity index (χ0n) is 12.1. The fraction of sp³-hybridized carbons (Fsp3) is 0.118. The topological polar surface area (TPSA) is 23.6 Å². The number of halogens is 1. The second-order valence-corrected chi connectivity index (χ2v) is 5.13. The Hall–Kier alpha value is -2.26. The summed E-state index contributed by atoms with van der Waals surface area (Å²) >= 11 is 5.87. The van der Waals surface area contributed by atoms with Crippen LogP contribution in [0, 0.1) is 0 Å². The monoisotopic (exact) mass is 300 g/mol. The maximum atomic E-state index is 12.5. The van der Waals surface area contributed by atoms with Crippen LogP contribution in [0.2, 0.25) is 5.02 Å². The molecule has 0 fully saturated rings. The average molecular weight is 301 g/mol. The maximum Gasteiger partial charge on any atom is 0.328 e. The van der Waals surface area contributed by atoms with Crippen molar-refractivity contribution in [2.45, 2.75) is 0 Å². The van der Waals surface area contributed by atoms with Crippen LogP contribution >= 0.6 is 11.6 Å². The maximum absolute atomic E-state index is 12.5. The van der Waals surface area contributed by atoms with Crippen LogP contribution in [-0.4, -0.2) is 25.0 Å². The van der Waals surface area contributed by atoms with E-state index in [2.05, 4.69) is 6.58 Å². The van der Waals surface area contributed by atoms with E-state index >= 15 is 0 Å². The fourth-order valence-corrected chi connectivity index (χ4v) is 2.06. The Morgan fingerprint density at radius 2 is 1.57 bits per heavy atom. The summed E-state index contributed by atoms with van der Waals surface area (Å²) in [6.07, 6.45) is 0. The molecule has 0 bridgehead atoms. The zero-order chi connectivity index (χ0) is 15.4. The second-order valence-electron chi connectivity index (χ2n) is 4.69. The smallest absolute Gasteiger partial charge is 0.297 e. The molecule has 2 aromatic rings. The highest BCUT2D eigenvalue weighted by Crippen LogP contribution is 2.21. The van der Waals surface area contributed by atoms with Crippen LogP contribution in [0.4, 0.5) is 10.5 Å². The predicted octanol–water partition coefficient (Wildman–Crippen LogP) is 4.50. The molecule has 0 aliphatic heterocycles. The van der Waals surface area contributed by atoms with Crippen LogP contribution in [-0.2, 0) is 0 Å². The van der Waals surface area contributed by atoms with Gasteiger partial charge in [0.25, 0.3) is 0 Å². The molecule has 0 unspecified atom stereocenters. The molecule has 0 aliphatic rings. The minimum atomic E-state index is -0.152. The van der Waals surface area contributed by atoms with Gasteiger partial charge in [-0.2, -0.15) is 0 Å². The van der Waals surface area contributed by atoms with Crippen molar-refractivity contribution in [2.75, 3.05) is 19.0 Å². The van der Waals surface area contributed by atoms with Crippen LogP contribution in [0.1, 0.15) is 5.56 Å². The minimum absolute atomic E-state index is 0.152. The first kappa shape index (κ1) is 15.1. The molecule has 108 valence electrons. The average Bonchev–Trinajstić information content (AvgIpc) is 2.53. The molecule has 0 radical (unpaired) electrons. The van der Waals surface area contributed by atoms with Gasteiger partial charge < -0.3 is 0 Å². The Labute approximate surface area is 130 Å². The largest absolute Gasteiger partial charge is 0.328 e. The van der Waals surface area contributed by atoms with E-state index in [1.165, 1.54) is 4.90 Å². The van der Waals surface area contributed by atoms with Crippen molar-refractivity contribution in [3.63, 3.8) is 0 Å². The lowest BCUT2D eigenvalue weighted by molar-refractivity contribution is 0.232. The molecule has 0 saturated carbocycles. The molecule has 0 saturated heterocycles. The standard InChI is InChI=1S/C17H17ClN2O/c1-13(14-9-11-15(18)12-10-14)19(2)17(21)20(3)16-7-5-4-6-8-16/h4-12H,1H2,2-3H3. The van der Waals surface area contributed by atoms with Gasteiger partial charge in [-0.15, -0.1) is 0 Å². The molecular weight excluding hydrogens is 284 g/mol. The quantitative estimate of drug-likeness (QED) is 0.818. The molecule has 0 heterocycles. The van der Waals surface area contributed by atoms with Gasteiger partial charge in [-0.3, -0.25) is 9.80 Å². The summed E-state index contributed by atoms with van der Waals surface area (Å²) in [6, 6.07) is 16.6. The number of rotatable bonds is 3. The third-order valence-electron chi connectivity index (χ3n) is 3.30. The van der Waals surface area contributed by atoms with E-state index in [-0.39, 0.29) is 6.03 Å². The van der Waals surface area contributed by atoms with Gasteiger partial charge in [-0.05, 0) is 29.8 Å². The van der Waals surface area contributed by atoms with Gasteiger partial charge in [0.2, 0.25) is 0 Å². The van der Waals surface area contributed by atoms with Crippen molar-refractivity contribution >= 4 is 29.0 Å². The summed E-state index contributed by atoms with van der Waals surface area (Å²) in [6.45, 7) is 3.99. The van der Waals surface area contributed by atoms with Crippen molar-refractivity contribution in [1.82, 2.24) is 4.90 Å². The molecule has 2 rings (SSSR count). The van der Waals surface area contributed by atoms with Gasteiger partial charge in [-0.1, -0.05) is 48.5 Å². The number of amides is 2. The van der Waals surface area contributed by atoms with Gasteiger partial charge in [-0.25, -0.2) is 4.79 Å². The lowest BCUT2D eigenvalue weighted by atomic mass is 10.1. The Kier molecular flexibility index (Phi) is 4.66. The molecule has 0 atom stereocenters. The van der Waals surface area contributed by atoms with Crippen LogP contribution < -0.4 is 4.90 Å². The number of carbonyl (C=O) groups is 1. The molecule has 2 aromatic carbocycles. The van der Waals surface area contributed by atoms with Gasteiger partial charge in [0.15, 0.2) is 0 Å². The third-order valence-corrected chi connectivity index (χ3v) is 3.55. The van der Waals surface area contributed by atoms with Crippen LogP contribution in [0.5, 0.6) is 0 Å². The molecule has 21 heavy (non-hydrogen) atoms. The van der Waals surface area contributed by atoms with E-state index in [0.717, 1.165) is 11.3 Å². The minimum Gasteiger partial charge on any atom is -0.297 e. The second kappa shape index (κ2) is 6.46. The number of hydrogen-bond donors (Lipinski definition) is 0. The van der Waals surface area contributed by atoms with Gasteiger partial charge >= 0.3 is 6.03 Å². The Bertz CT molecular complexity index is 638. The molecule has 0 spiro atoms. The fourth-order valence-electron chi connectivity index (χ4n) is 1.94. The Balaban J connectivity index is 2.15. The summed E-state index contributed by atoms with van der Waals surface area (Å²) in [7, 11) is 3.45. The zero-order valence-corrected chi connectivity index (χ0v) is 12.8. The molecular formula is C17H17ClN2O. The number of carbonyl (C=O) groups excluding carboxylic acids is 1. The van der Waals surface area contributed by atoms with Crippen LogP contribution in [0.15, 0.2) is 61.2 Å². The SMILES string of the molecule is C=C(c1ccc(Cl)cc1)N(C)C(=O)N(C)c1ccccc1. The van der Waals surface area contributed by atoms with Crippen molar-refractivity contribution in [3.8, 4) is 0 Å². The number of nitrogens with zero attached hydrogens (tertiary/aromatic N) is 2. The molecule has 3 nitrogen and oxygen atoms in total. The first-order valence-corrected chi connectivity index (χ1v) is 6.90. The van der Waals surface area contributed by atoms with E-state index < -0.39 is 0 Å². The molecule has 2 amide bonds. The van der Waals surface area contributed by atoms with E-state index in [0.29, 0.717) is 10.7 Å². The molecule has 0 N–H and O–H groups in total. The summed E-state index contributed by atoms with van der Waals surface area (Å²) in [5.41, 5.74) is 2.31. The summed E-state index contributed by atoms with van der Waals surface area (Å²) in [4.78, 5) is 15.6. The van der Waals surface area contributed by atoms with Crippen molar-refractivity contribution in [1.29, 1.82) is 0 Å². The van der Waals surface area contributed by atoms with Gasteiger partial charge in [0.1, 0.15) is 0 Å². The lowest BCUT2D eigenvalue weighted by Gasteiger charge is -2.26. The molecule has 0 aromatic heterocycles. The first-order chi connectivity index (χ1) is 10.0. The van der Waals surface area contributed by atoms with Crippen molar-refractivity contribution in [2.24, 2.45) is 0 Å². The van der Waals surface area contributed by atoms with Crippen LogP contribution in [0.3, 0.4) is 0 Å². The van der Waals surface area contributed by atoms with Crippen LogP contribution in [0.25, 0.3) is 5.70 Å². The number of benzene rings is 2. The molecule has 0 aliphatic carbocycles. The normalized spacial score (nSPS) is 10.0. The predicted molar refractivity (Wildman–Crippen MR) is 88.5 cm³/mol. The van der Waals surface area contributed by atoms with E-state index in [1.807, 2.05) is 42.5 Å². The summed E-state index contributed by atoms with van der Waals surface area (Å²) in [5.74, 6) is 0. The Morgan fingerprint density at radius 3 is 2.14 bits per heavy atom. The van der Waals surface area contributed by atoms with Gasteiger partial charge in [0, 0.05) is 30.5 Å². The highest BCUT2D eigenvalue weighted by Gasteiger charge is 2.18. The number of hydrogen-bond acceptors (Lipinski definition) is 1. The van der Waals surface area contributed by atoms with E-state index in [1.54, 1.807) is 31.1 Å². The van der Waals surface area contributed by atoms with Crippen molar-refractivity contribution < 1.29 is 4.79 Å². The van der Waals surface area contributed by atoms with E-state index in [4.69, 9.17) is 11.6 Å². The third kappa shape index (κ3) is 3.44. The van der Waals surface area contributed by atoms with Gasteiger partial charge in [0.05, 0.1) is 0 Å². The Morgan fingerprint density at radius 1 is 1.00 bits per heavy atom. The number of para-hydroxylation sites is 1. The van der Waals surface area contributed by atoms with E-state index in [9.17, 15) is 4.79 Å². The highest BCUT2D eigenvalue weighted by atomic mass is 35.5. The number of anilines is 1. The van der Waals surface area contributed by atoms with Crippen molar-refractivity contribution in [3.05, 3.63) is 71.8 Å². The first-order valence-electron chi connectivity index (χ1n) is 6.52. The highest BCUT2D eigenvalue weighted by molar-refractivity contribution is 6.30. The summed E-state index contributed by atoms with van der Waals surface area (Å²) in [5, 5.41) is 0.655.